The molecule has 0 saturated heterocycles. The van der Waals surface area contributed by atoms with E-state index in [1.165, 1.54) is 0 Å². The predicted octanol–water partition coefficient (Wildman–Crippen LogP) is 2.60. The van der Waals surface area contributed by atoms with Crippen LogP contribution in [0.15, 0.2) is 24.3 Å². The summed E-state index contributed by atoms with van der Waals surface area (Å²) in [5, 5.41) is 9.42. The third-order valence-corrected chi connectivity index (χ3v) is 3.52. The van der Waals surface area contributed by atoms with Gasteiger partial charge in [-0.1, -0.05) is 12.1 Å². The number of hydrogen-bond donors (Lipinski definition) is 0. The summed E-state index contributed by atoms with van der Waals surface area (Å²) >= 11 is 0. The average molecular weight is 229 g/mol. The highest BCUT2D eigenvalue weighted by Crippen LogP contribution is 2.38. The topological polar surface area (TPSA) is 50.1 Å². The molecule has 0 N–H and O–H groups in total. The molecule has 2 rings (SSSR count). The van der Waals surface area contributed by atoms with Crippen LogP contribution in [0.3, 0.4) is 0 Å². The first-order valence-corrected chi connectivity index (χ1v) is 5.78. The highest BCUT2D eigenvalue weighted by atomic mass is 16.5. The molecule has 0 aromatic heterocycles. The fraction of sp³-hybridized carbons (Fsp3) is 0.429. The van der Waals surface area contributed by atoms with E-state index in [4.69, 9.17) is 4.74 Å². The Morgan fingerprint density at radius 2 is 1.82 bits per heavy atom. The Kier molecular flexibility index (Phi) is 3.14. The van der Waals surface area contributed by atoms with Gasteiger partial charge in [0.2, 0.25) is 0 Å². The number of ketones is 1. The number of nitrogens with zero attached hydrogens (tertiary/aromatic N) is 1. The van der Waals surface area contributed by atoms with E-state index in [9.17, 15) is 10.1 Å². The van der Waals surface area contributed by atoms with Gasteiger partial charge in [0.25, 0.3) is 0 Å². The second kappa shape index (κ2) is 4.58. The van der Waals surface area contributed by atoms with Crippen LogP contribution >= 0.6 is 0 Å². The molecular weight excluding hydrogens is 214 g/mol. The number of hydrogen-bond acceptors (Lipinski definition) is 3. The Balaban J connectivity index is 2.28. The van der Waals surface area contributed by atoms with Crippen molar-refractivity contribution in [1.82, 2.24) is 0 Å². The van der Waals surface area contributed by atoms with Crippen LogP contribution in [-0.4, -0.2) is 12.9 Å². The number of carbonyl (C=O) groups is 1. The van der Waals surface area contributed by atoms with Crippen LogP contribution in [0.4, 0.5) is 0 Å². The van der Waals surface area contributed by atoms with E-state index < -0.39 is 5.41 Å². The summed E-state index contributed by atoms with van der Waals surface area (Å²) in [6.07, 6.45) is 2.29. The minimum atomic E-state index is -0.486. The standard InChI is InChI=1S/C14H15NO2/c1-17-13-4-2-11(3-5-13)14(10-15)8-6-12(16)7-9-14/h2-5H,6-9H2,1H3. The summed E-state index contributed by atoms with van der Waals surface area (Å²) < 4.78 is 5.10. The number of benzene rings is 1. The lowest BCUT2D eigenvalue weighted by Crippen LogP contribution is -2.30. The molecule has 0 bridgehead atoms. The van der Waals surface area contributed by atoms with Crippen LogP contribution in [0.5, 0.6) is 5.75 Å². The van der Waals surface area contributed by atoms with Gasteiger partial charge in [0.05, 0.1) is 18.6 Å². The van der Waals surface area contributed by atoms with Crippen LogP contribution in [-0.2, 0) is 10.2 Å². The van der Waals surface area contributed by atoms with Gasteiger partial charge in [0.1, 0.15) is 11.5 Å². The maximum atomic E-state index is 11.3. The number of carbonyl (C=O) groups excluding carboxylic acids is 1. The number of rotatable bonds is 2. The summed E-state index contributed by atoms with van der Waals surface area (Å²) in [6.45, 7) is 0. The van der Waals surface area contributed by atoms with Gasteiger partial charge < -0.3 is 4.74 Å². The van der Waals surface area contributed by atoms with Gasteiger partial charge in [-0.2, -0.15) is 5.26 Å². The normalized spacial score (nSPS) is 18.5. The maximum absolute atomic E-state index is 11.3. The molecule has 88 valence electrons. The monoisotopic (exact) mass is 229 g/mol. The summed E-state index contributed by atoms with van der Waals surface area (Å²) in [5.41, 5.74) is 0.508. The van der Waals surface area contributed by atoms with Gasteiger partial charge in [-0.05, 0) is 30.5 Å². The zero-order chi connectivity index (χ0) is 12.3. The molecule has 1 fully saturated rings. The van der Waals surface area contributed by atoms with Crippen LogP contribution in [0.2, 0.25) is 0 Å². The molecule has 0 radical (unpaired) electrons. The zero-order valence-corrected chi connectivity index (χ0v) is 9.90. The maximum Gasteiger partial charge on any atom is 0.133 e. The average Bonchev–Trinajstić information content (AvgIpc) is 2.40. The fourth-order valence-corrected chi connectivity index (χ4v) is 2.33. The quantitative estimate of drug-likeness (QED) is 0.783. The van der Waals surface area contributed by atoms with Gasteiger partial charge in [-0.25, -0.2) is 0 Å². The van der Waals surface area contributed by atoms with Gasteiger partial charge in [0, 0.05) is 12.8 Å². The van der Waals surface area contributed by atoms with E-state index in [0.29, 0.717) is 25.7 Å². The second-order valence-corrected chi connectivity index (χ2v) is 4.46. The Labute approximate surface area is 101 Å². The van der Waals surface area contributed by atoms with Crippen molar-refractivity contribution in [2.45, 2.75) is 31.1 Å². The molecule has 0 heterocycles. The molecule has 0 aliphatic heterocycles. The third kappa shape index (κ3) is 2.16. The molecule has 1 aliphatic carbocycles. The van der Waals surface area contributed by atoms with E-state index in [0.717, 1.165) is 11.3 Å². The first-order chi connectivity index (χ1) is 8.20. The lowest BCUT2D eigenvalue weighted by Gasteiger charge is -2.30. The van der Waals surface area contributed by atoms with Crippen molar-refractivity contribution in [1.29, 1.82) is 5.26 Å². The summed E-state index contributed by atoms with van der Waals surface area (Å²) in [5.74, 6) is 1.05. The van der Waals surface area contributed by atoms with Crippen molar-refractivity contribution in [2.75, 3.05) is 7.11 Å². The molecule has 1 aromatic carbocycles. The van der Waals surface area contributed by atoms with E-state index in [-0.39, 0.29) is 5.78 Å². The second-order valence-electron chi connectivity index (χ2n) is 4.46. The van der Waals surface area contributed by atoms with Crippen molar-refractivity contribution < 1.29 is 9.53 Å². The molecule has 1 aliphatic rings. The summed E-state index contributed by atoms with van der Waals surface area (Å²) in [4.78, 5) is 11.3. The van der Waals surface area contributed by atoms with Crippen molar-refractivity contribution in [2.24, 2.45) is 0 Å². The number of Topliss-reactive ketones (excluding diaryl/α,β-unsaturated/α-hetero) is 1. The Bertz CT molecular complexity index is 446. The van der Waals surface area contributed by atoms with Crippen LogP contribution < -0.4 is 4.74 Å². The van der Waals surface area contributed by atoms with E-state index >= 15 is 0 Å². The summed E-state index contributed by atoms with van der Waals surface area (Å²) in [6, 6.07) is 9.99. The van der Waals surface area contributed by atoms with Gasteiger partial charge in [0.15, 0.2) is 0 Å². The Morgan fingerprint density at radius 1 is 1.24 bits per heavy atom. The minimum absolute atomic E-state index is 0.268. The zero-order valence-electron chi connectivity index (χ0n) is 9.90. The lowest BCUT2D eigenvalue weighted by molar-refractivity contribution is -0.120. The third-order valence-electron chi connectivity index (χ3n) is 3.52. The van der Waals surface area contributed by atoms with Crippen LogP contribution in [0.1, 0.15) is 31.2 Å². The first kappa shape index (κ1) is 11.7. The van der Waals surface area contributed by atoms with Gasteiger partial charge >= 0.3 is 0 Å². The lowest BCUT2D eigenvalue weighted by atomic mass is 9.70. The van der Waals surface area contributed by atoms with Gasteiger partial charge in [-0.3, -0.25) is 4.79 Å². The molecule has 1 aromatic rings. The molecular formula is C14H15NO2. The molecule has 1 saturated carbocycles. The molecule has 3 heteroatoms. The smallest absolute Gasteiger partial charge is 0.133 e. The highest BCUT2D eigenvalue weighted by Gasteiger charge is 2.36. The molecule has 0 unspecified atom stereocenters. The molecule has 0 atom stereocenters. The predicted molar refractivity (Wildman–Crippen MR) is 63.8 cm³/mol. The van der Waals surface area contributed by atoms with Gasteiger partial charge in [-0.15, -0.1) is 0 Å². The van der Waals surface area contributed by atoms with Crippen molar-refractivity contribution in [3.05, 3.63) is 29.8 Å². The van der Waals surface area contributed by atoms with E-state index in [2.05, 4.69) is 6.07 Å². The Hall–Kier alpha value is -1.82. The molecule has 17 heavy (non-hydrogen) atoms. The SMILES string of the molecule is COc1ccc(C2(C#N)CCC(=O)CC2)cc1. The van der Waals surface area contributed by atoms with Crippen molar-refractivity contribution in [3.63, 3.8) is 0 Å². The minimum Gasteiger partial charge on any atom is -0.497 e. The Morgan fingerprint density at radius 3 is 2.29 bits per heavy atom. The first-order valence-electron chi connectivity index (χ1n) is 5.78. The van der Waals surface area contributed by atoms with Crippen molar-refractivity contribution in [3.8, 4) is 11.8 Å². The van der Waals surface area contributed by atoms with Crippen molar-refractivity contribution >= 4 is 5.78 Å². The molecule has 0 spiro atoms. The number of nitriles is 1. The largest absolute Gasteiger partial charge is 0.497 e. The van der Waals surface area contributed by atoms with Crippen LogP contribution in [0.25, 0.3) is 0 Å². The number of ether oxygens (including phenoxy) is 1. The van der Waals surface area contributed by atoms with E-state index in [1.54, 1.807) is 7.11 Å². The summed E-state index contributed by atoms with van der Waals surface area (Å²) in [7, 11) is 1.62. The molecule has 0 amide bonds. The fourth-order valence-electron chi connectivity index (χ4n) is 2.33. The van der Waals surface area contributed by atoms with Crippen LogP contribution in [0, 0.1) is 11.3 Å². The van der Waals surface area contributed by atoms with E-state index in [1.807, 2.05) is 24.3 Å². The highest BCUT2D eigenvalue weighted by molar-refractivity contribution is 5.80. The number of methoxy groups -OCH3 is 1. The molecule has 3 nitrogen and oxygen atoms in total.